The van der Waals surface area contributed by atoms with Gasteiger partial charge in [0.2, 0.25) is 0 Å². The number of nitrogens with two attached hydrogens (primary N) is 1. The summed E-state index contributed by atoms with van der Waals surface area (Å²) >= 11 is 0. The van der Waals surface area contributed by atoms with E-state index in [1.54, 1.807) is 0 Å². The minimum Gasteiger partial charge on any atom is -0.330 e. The zero-order valence-corrected chi connectivity index (χ0v) is 11.9. The molecule has 0 bridgehead atoms. The molecule has 1 saturated carbocycles. The van der Waals surface area contributed by atoms with Gasteiger partial charge in [0, 0.05) is 13.2 Å². The summed E-state index contributed by atoms with van der Waals surface area (Å²) < 4.78 is 1.89. The van der Waals surface area contributed by atoms with Gasteiger partial charge < -0.3 is 5.73 Å². The lowest BCUT2D eigenvalue weighted by Gasteiger charge is -2.39. The van der Waals surface area contributed by atoms with Crippen LogP contribution in [0.4, 0.5) is 0 Å². The molecular weight excluding hydrogens is 222 g/mol. The van der Waals surface area contributed by atoms with Crippen LogP contribution in [-0.4, -0.2) is 16.3 Å². The highest BCUT2D eigenvalue weighted by atomic mass is 15.2. The van der Waals surface area contributed by atoms with Crippen molar-refractivity contribution in [2.45, 2.75) is 51.9 Å². The molecule has 2 N–H and O–H groups in total. The van der Waals surface area contributed by atoms with Gasteiger partial charge in [-0.1, -0.05) is 13.3 Å². The van der Waals surface area contributed by atoms with E-state index in [0.29, 0.717) is 5.41 Å². The first-order valence-corrected chi connectivity index (χ1v) is 7.35. The number of aromatic nitrogens is 2. The van der Waals surface area contributed by atoms with Crippen molar-refractivity contribution >= 4 is 0 Å². The summed E-state index contributed by atoms with van der Waals surface area (Å²) in [6.07, 6.45) is 13.2. The molecule has 0 aromatic carbocycles. The van der Waals surface area contributed by atoms with Crippen LogP contribution in [0.1, 0.15) is 51.0 Å². The van der Waals surface area contributed by atoms with Crippen molar-refractivity contribution in [2.24, 2.45) is 24.1 Å². The Kier molecular flexibility index (Phi) is 4.44. The van der Waals surface area contributed by atoms with Gasteiger partial charge in [-0.25, -0.2) is 0 Å². The largest absolute Gasteiger partial charge is 0.330 e. The zero-order chi connectivity index (χ0) is 13.0. The van der Waals surface area contributed by atoms with Crippen LogP contribution in [0.15, 0.2) is 12.4 Å². The van der Waals surface area contributed by atoms with Gasteiger partial charge in [0.05, 0.1) is 6.20 Å². The van der Waals surface area contributed by atoms with Crippen molar-refractivity contribution < 1.29 is 0 Å². The average Bonchev–Trinajstić information content (AvgIpc) is 2.83. The van der Waals surface area contributed by atoms with Crippen molar-refractivity contribution in [2.75, 3.05) is 6.54 Å². The maximum absolute atomic E-state index is 6.07. The van der Waals surface area contributed by atoms with Crippen molar-refractivity contribution in [3.8, 4) is 0 Å². The van der Waals surface area contributed by atoms with Gasteiger partial charge in [0.25, 0.3) is 0 Å². The molecule has 0 unspecified atom stereocenters. The Bertz CT molecular complexity index is 362. The molecule has 0 saturated heterocycles. The molecule has 3 nitrogen and oxygen atoms in total. The van der Waals surface area contributed by atoms with Crippen LogP contribution < -0.4 is 5.73 Å². The van der Waals surface area contributed by atoms with Crippen LogP contribution >= 0.6 is 0 Å². The van der Waals surface area contributed by atoms with E-state index in [1.165, 1.54) is 44.1 Å². The molecule has 0 amide bonds. The molecule has 0 aliphatic heterocycles. The topological polar surface area (TPSA) is 43.8 Å². The van der Waals surface area contributed by atoms with Gasteiger partial charge in [-0.3, -0.25) is 4.68 Å². The third kappa shape index (κ3) is 3.14. The molecule has 1 aromatic heterocycles. The maximum atomic E-state index is 6.07. The van der Waals surface area contributed by atoms with Gasteiger partial charge in [0.15, 0.2) is 0 Å². The van der Waals surface area contributed by atoms with E-state index < -0.39 is 0 Å². The van der Waals surface area contributed by atoms with Crippen molar-refractivity contribution in [1.29, 1.82) is 0 Å². The Hall–Kier alpha value is -0.830. The molecular formula is C15H27N3. The number of hydrogen-bond donors (Lipinski definition) is 1. The normalized spacial score (nSPS) is 28.5. The fraction of sp³-hybridized carbons (Fsp3) is 0.800. The summed E-state index contributed by atoms with van der Waals surface area (Å²) in [5.41, 5.74) is 7.83. The molecule has 102 valence electrons. The van der Waals surface area contributed by atoms with Crippen molar-refractivity contribution in [3.63, 3.8) is 0 Å². The SMILES string of the molecule is CCC1CCC(CN)(CCc2cnn(C)c2)CC1. The number of hydrogen-bond acceptors (Lipinski definition) is 2. The molecule has 1 aliphatic rings. The zero-order valence-electron chi connectivity index (χ0n) is 11.9. The first kappa shape index (κ1) is 13.6. The molecule has 0 spiro atoms. The molecule has 18 heavy (non-hydrogen) atoms. The fourth-order valence-corrected chi connectivity index (χ4v) is 3.26. The Morgan fingerprint density at radius 2 is 2.17 bits per heavy atom. The predicted octanol–water partition coefficient (Wildman–Crippen LogP) is 2.90. The Balaban J connectivity index is 1.89. The second-order valence-corrected chi connectivity index (χ2v) is 6.08. The molecule has 1 heterocycles. The molecule has 1 fully saturated rings. The Morgan fingerprint density at radius 1 is 1.44 bits per heavy atom. The highest BCUT2D eigenvalue weighted by Gasteiger charge is 2.33. The van der Waals surface area contributed by atoms with E-state index in [0.717, 1.165) is 18.9 Å². The first-order chi connectivity index (χ1) is 8.67. The lowest BCUT2D eigenvalue weighted by molar-refractivity contribution is 0.142. The summed E-state index contributed by atoms with van der Waals surface area (Å²) in [4.78, 5) is 0. The molecule has 1 aromatic rings. The van der Waals surface area contributed by atoms with Crippen molar-refractivity contribution in [3.05, 3.63) is 18.0 Å². The van der Waals surface area contributed by atoms with Gasteiger partial charge >= 0.3 is 0 Å². The van der Waals surface area contributed by atoms with E-state index in [1.807, 2.05) is 17.9 Å². The monoisotopic (exact) mass is 249 g/mol. The van der Waals surface area contributed by atoms with E-state index in [-0.39, 0.29) is 0 Å². The van der Waals surface area contributed by atoms with E-state index in [4.69, 9.17) is 5.73 Å². The minimum atomic E-state index is 0.404. The molecule has 2 rings (SSSR count). The molecule has 3 heteroatoms. The average molecular weight is 249 g/mol. The standard InChI is InChI=1S/C15H27N3/c1-3-13-4-7-15(12-16,8-5-13)9-6-14-10-17-18(2)11-14/h10-11,13H,3-9,12,16H2,1-2H3. The summed E-state index contributed by atoms with van der Waals surface area (Å²) in [6, 6.07) is 0. The minimum absolute atomic E-state index is 0.404. The first-order valence-electron chi connectivity index (χ1n) is 7.35. The molecule has 0 radical (unpaired) electrons. The van der Waals surface area contributed by atoms with Crippen LogP contribution in [0.5, 0.6) is 0 Å². The quantitative estimate of drug-likeness (QED) is 0.872. The van der Waals surface area contributed by atoms with E-state index in [9.17, 15) is 0 Å². The fourth-order valence-electron chi connectivity index (χ4n) is 3.26. The van der Waals surface area contributed by atoms with Gasteiger partial charge in [-0.15, -0.1) is 0 Å². The highest BCUT2D eigenvalue weighted by molar-refractivity contribution is 5.05. The van der Waals surface area contributed by atoms with Gasteiger partial charge in [0.1, 0.15) is 0 Å². The van der Waals surface area contributed by atoms with Crippen LogP contribution in [0.25, 0.3) is 0 Å². The second kappa shape index (κ2) is 5.87. The third-order valence-electron chi connectivity index (χ3n) is 4.88. The summed E-state index contributed by atoms with van der Waals surface area (Å²) in [5.74, 6) is 0.947. The highest BCUT2D eigenvalue weighted by Crippen LogP contribution is 2.42. The van der Waals surface area contributed by atoms with Crippen LogP contribution in [-0.2, 0) is 13.5 Å². The lowest BCUT2D eigenvalue weighted by atomic mass is 9.67. The Morgan fingerprint density at radius 3 is 2.67 bits per heavy atom. The smallest absolute Gasteiger partial charge is 0.0521 e. The van der Waals surface area contributed by atoms with Gasteiger partial charge in [-0.05, 0) is 62.0 Å². The third-order valence-corrected chi connectivity index (χ3v) is 4.88. The Labute approximate surface area is 111 Å². The van der Waals surface area contributed by atoms with Crippen molar-refractivity contribution in [1.82, 2.24) is 9.78 Å². The van der Waals surface area contributed by atoms with Crippen LogP contribution in [0.3, 0.4) is 0 Å². The van der Waals surface area contributed by atoms with Crippen LogP contribution in [0.2, 0.25) is 0 Å². The molecule has 1 aliphatic carbocycles. The van der Waals surface area contributed by atoms with Crippen LogP contribution in [0, 0.1) is 11.3 Å². The predicted molar refractivity (Wildman–Crippen MR) is 75.3 cm³/mol. The van der Waals surface area contributed by atoms with E-state index >= 15 is 0 Å². The number of rotatable bonds is 5. The second-order valence-electron chi connectivity index (χ2n) is 6.08. The maximum Gasteiger partial charge on any atom is 0.0521 e. The van der Waals surface area contributed by atoms with Gasteiger partial charge in [-0.2, -0.15) is 5.10 Å². The lowest BCUT2D eigenvalue weighted by Crippen LogP contribution is -2.35. The molecule has 0 atom stereocenters. The number of aryl methyl sites for hydroxylation is 2. The van der Waals surface area contributed by atoms with E-state index in [2.05, 4.69) is 18.2 Å². The summed E-state index contributed by atoms with van der Waals surface area (Å²) in [6.45, 7) is 3.17. The summed E-state index contributed by atoms with van der Waals surface area (Å²) in [5, 5.41) is 4.24. The summed E-state index contributed by atoms with van der Waals surface area (Å²) in [7, 11) is 1.98. The number of nitrogens with zero attached hydrogens (tertiary/aromatic N) is 2.